The molecule has 19 heavy (non-hydrogen) atoms. The number of thiophene rings is 1. The predicted molar refractivity (Wildman–Crippen MR) is 78.6 cm³/mol. The fourth-order valence-corrected chi connectivity index (χ4v) is 3.28. The minimum Gasteiger partial charge on any atom is -0.508 e. The zero-order valence-corrected chi connectivity index (χ0v) is 11.1. The molecule has 0 aliphatic rings. The molecule has 96 valence electrons. The minimum absolute atomic E-state index is 0.236. The van der Waals surface area contributed by atoms with E-state index in [1.54, 1.807) is 29.5 Å². The van der Waals surface area contributed by atoms with Crippen LogP contribution in [0.3, 0.4) is 0 Å². The first-order chi connectivity index (χ1) is 9.24. The lowest BCUT2D eigenvalue weighted by atomic mass is 10.0. The van der Waals surface area contributed by atoms with E-state index in [-0.39, 0.29) is 5.75 Å². The van der Waals surface area contributed by atoms with Gasteiger partial charge in [-0.25, -0.2) is 0 Å². The molecule has 0 bridgehead atoms. The summed E-state index contributed by atoms with van der Waals surface area (Å²) in [5.41, 5.74) is 1.90. The summed E-state index contributed by atoms with van der Waals surface area (Å²) in [5, 5.41) is 22.9. The molecule has 1 atom stereocenters. The van der Waals surface area contributed by atoms with Crippen LogP contribution in [0.15, 0.2) is 53.9 Å². The summed E-state index contributed by atoms with van der Waals surface area (Å²) in [6.07, 6.45) is -0.0345. The number of benzene rings is 2. The van der Waals surface area contributed by atoms with Crippen molar-refractivity contribution < 1.29 is 10.2 Å². The molecule has 0 aliphatic carbocycles. The minimum atomic E-state index is -0.544. The third kappa shape index (κ3) is 2.48. The molecule has 2 N–H and O–H groups in total. The van der Waals surface area contributed by atoms with Gasteiger partial charge in [0.1, 0.15) is 5.75 Å². The molecule has 0 spiro atoms. The van der Waals surface area contributed by atoms with Crippen LogP contribution in [0.4, 0.5) is 0 Å². The molecule has 0 radical (unpaired) electrons. The zero-order chi connectivity index (χ0) is 13.2. The fourth-order valence-electron chi connectivity index (χ4n) is 2.27. The molecule has 2 nitrogen and oxygen atoms in total. The van der Waals surface area contributed by atoms with E-state index in [0.717, 1.165) is 16.5 Å². The molecule has 2 aromatic carbocycles. The first-order valence-electron chi connectivity index (χ1n) is 6.16. The van der Waals surface area contributed by atoms with E-state index < -0.39 is 6.10 Å². The monoisotopic (exact) mass is 270 g/mol. The van der Waals surface area contributed by atoms with Crippen molar-refractivity contribution in [3.05, 3.63) is 65.0 Å². The Morgan fingerprint density at radius 2 is 1.89 bits per heavy atom. The molecule has 1 aromatic heterocycles. The van der Waals surface area contributed by atoms with Crippen molar-refractivity contribution in [3.63, 3.8) is 0 Å². The largest absolute Gasteiger partial charge is 0.508 e. The number of hydrogen-bond donors (Lipinski definition) is 2. The van der Waals surface area contributed by atoms with Crippen molar-refractivity contribution in [1.29, 1.82) is 0 Å². The van der Waals surface area contributed by atoms with Crippen molar-refractivity contribution in [1.82, 2.24) is 0 Å². The molecule has 0 saturated carbocycles. The second-order valence-corrected chi connectivity index (χ2v) is 5.49. The number of aliphatic hydroxyl groups excluding tert-OH is 1. The molecule has 3 aromatic rings. The Morgan fingerprint density at radius 1 is 1.05 bits per heavy atom. The Balaban J connectivity index is 1.90. The molecule has 0 fully saturated rings. The highest BCUT2D eigenvalue weighted by Gasteiger charge is 2.13. The van der Waals surface area contributed by atoms with Gasteiger partial charge in [-0.3, -0.25) is 0 Å². The summed E-state index contributed by atoms with van der Waals surface area (Å²) >= 11 is 1.65. The van der Waals surface area contributed by atoms with Gasteiger partial charge in [-0.1, -0.05) is 30.3 Å². The van der Waals surface area contributed by atoms with Gasteiger partial charge in [-0.15, -0.1) is 11.3 Å². The van der Waals surface area contributed by atoms with Crippen LogP contribution in [0.2, 0.25) is 0 Å². The zero-order valence-electron chi connectivity index (χ0n) is 10.3. The normalized spacial score (nSPS) is 12.7. The third-order valence-electron chi connectivity index (χ3n) is 3.21. The Hall–Kier alpha value is -1.84. The van der Waals surface area contributed by atoms with E-state index in [1.165, 1.54) is 4.70 Å². The van der Waals surface area contributed by atoms with Crippen molar-refractivity contribution in [3.8, 4) is 5.75 Å². The molecular formula is C16H14O2S. The average molecular weight is 270 g/mol. The third-order valence-corrected chi connectivity index (χ3v) is 4.19. The number of phenolic OH excluding ortho intramolecular Hbond substituents is 1. The van der Waals surface area contributed by atoms with E-state index in [0.29, 0.717) is 6.42 Å². The van der Waals surface area contributed by atoms with Gasteiger partial charge in [0.25, 0.3) is 0 Å². The SMILES string of the molecule is Oc1cccc(CC(O)c2csc3ccccc23)c1. The van der Waals surface area contributed by atoms with Crippen LogP contribution in [-0.4, -0.2) is 10.2 Å². The lowest BCUT2D eigenvalue weighted by Crippen LogP contribution is -2.00. The Morgan fingerprint density at radius 3 is 2.74 bits per heavy atom. The van der Waals surface area contributed by atoms with E-state index in [4.69, 9.17) is 0 Å². The van der Waals surface area contributed by atoms with Crippen molar-refractivity contribution >= 4 is 21.4 Å². The lowest BCUT2D eigenvalue weighted by Gasteiger charge is -2.10. The van der Waals surface area contributed by atoms with Crippen LogP contribution in [0.1, 0.15) is 17.2 Å². The summed E-state index contributed by atoms with van der Waals surface area (Å²) in [7, 11) is 0. The number of fused-ring (bicyclic) bond motifs is 1. The molecule has 0 saturated heterocycles. The van der Waals surface area contributed by atoms with Crippen LogP contribution in [-0.2, 0) is 6.42 Å². The summed E-state index contributed by atoms with van der Waals surface area (Å²) in [6, 6.07) is 15.1. The quantitative estimate of drug-likeness (QED) is 0.758. The van der Waals surface area contributed by atoms with Crippen molar-refractivity contribution in [2.45, 2.75) is 12.5 Å². The number of aromatic hydroxyl groups is 1. The van der Waals surface area contributed by atoms with Gasteiger partial charge in [0.2, 0.25) is 0 Å². The standard InChI is InChI=1S/C16H14O2S/c17-12-5-3-4-11(8-12)9-15(18)14-10-19-16-7-2-1-6-13(14)16/h1-8,10,15,17-18H,9H2. The maximum Gasteiger partial charge on any atom is 0.115 e. The first kappa shape index (κ1) is 12.2. The molecule has 3 rings (SSSR count). The smallest absolute Gasteiger partial charge is 0.115 e. The number of phenols is 1. The first-order valence-corrected chi connectivity index (χ1v) is 7.04. The number of rotatable bonds is 3. The van der Waals surface area contributed by atoms with E-state index in [9.17, 15) is 10.2 Å². The van der Waals surface area contributed by atoms with Crippen LogP contribution in [0, 0.1) is 0 Å². The Kier molecular flexibility index (Phi) is 3.23. The highest BCUT2D eigenvalue weighted by molar-refractivity contribution is 7.17. The molecule has 0 aliphatic heterocycles. The van der Waals surface area contributed by atoms with Gasteiger partial charge in [-0.2, -0.15) is 0 Å². The second-order valence-electron chi connectivity index (χ2n) is 4.58. The summed E-state index contributed by atoms with van der Waals surface area (Å²) in [6.45, 7) is 0. The maximum absolute atomic E-state index is 10.4. The summed E-state index contributed by atoms with van der Waals surface area (Å²) in [4.78, 5) is 0. The van der Waals surface area contributed by atoms with Crippen LogP contribution in [0.25, 0.3) is 10.1 Å². The molecule has 1 unspecified atom stereocenters. The van der Waals surface area contributed by atoms with E-state index in [1.807, 2.05) is 29.6 Å². The Labute approximate surface area is 115 Å². The average Bonchev–Trinajstić information content (AvgIpc) is 2.82. The predicted octanol–water partition coefficient (Wildman–Crippen LogP) is 3.88. The van der Waals surface area contributed by atoms with E-state index >= 15 is 0 Å². The van der Waals surface area contributed by atoms with E-state index in [2.05, 4.69) is 6.07 Å². The second kappa shape index (κ2) is 5.03. The number of hydrogen-bond acceptors (Lipinski definition) is 3. The van der Waals surface area contributed by atoms with Crippen molar-refractivity contribution in [2.24, 2.45) is 0 Å². The maximum atomic E-state index is 10.4. The van der Waals surface area contributed by atoms with Gasteiger partial charge in [-0.05, 0) is 40.1 Å². The summed E-state index contributed by atoms with van der Waals surface area (Å²) in [5.74, 6) is 0.236. The highest BCUT2D eigenvalue weighted by atomic mass is 32.1. The highest BCUT2D eigenvalue weighted by Crippen LogP contribution is 2.32. The topological polar surface area (TPSA) is 40.5 Å². The van der Waals surface area contributed by atoms with Gasteiger partial charge in [0, 0.05) is 11.1 Å². The fraction of sp³-hybridized carbons (Fsp3) is 0.125. The lowest BCUT2D eigenvalue weighted by molar-refractivity contribution is 0.180. The van der Waals surface area contributed by atoms with Gasteiger partial charge < -0.3 is 10.2 Å². The van der Waals surface area contributed by atoms with Crippen LogP contribution < -0.4 is 0 Å². The van der Waals surface area contributed by atoms with Crippen LogP contribution in [0.5, 0.6) is 5.75 Å². The van der Waals surface area contributed by atoms with Crippen LogP contribution >= 0.6 is 11.3 Å². The van der Waals surface area contributed by atoms with Gasteiger partial charge in [0.15, 0.2) is 0 Å². The molecule has 3 heteroatoms. The molecule has 0 amide bonds. The molecule has 1 heterocycles. The Bertz CT molecular complexity index is 703. The molecular weight excluding hydrogens is 256 g/mol. The van der Waals surface area contributed by atoms with Gasteiger partial charge in [0.05, 0.1) is 6.10 Å². The number of aliphatic hydroxyl groups is 1. The van der Waals surface area contributed by atoms with Crippen molar-refractivity contribution in [2.75, 3.05) is 0 Å². The van der Waals surface area contributed by atoms with Gasteiger partial charge >= 0.3 is 0 Å². The summed E-state index contributed by atoms with van der Waals surface area (Å²) < 4.78 is 1.19.